The smallest absolute Gasteiger partial charge is 0.223 e. The van der Waals surface area contributed by atoms with Crippen LogP contribution in [0.4, 0.5) is 4.39 Å². The van der Waals surface area contributed by atoms with Crippen LogP contribution in [0, 0.1) is 11.7 Å². The van der Waals surface area contributed by atoms with Crippen molar-refractivity contribution in [3.8, 4) is 0 Å². The molecule has 194 valence electrons. The first-order valence-corrected chi connectivity index (χ1v) is 13.6. The zero-order chi connectivity index (χ0) is 25.6. The number of halogens is 1. The molecule has 1 unspecified atom stereocenters. The average molecular weight is 500 g/mol. The second kappa shape index (κ2) is 12.0. The molecule has 5 rings (SSSR count). The fourth-order valence-electron chi connectivity index (χ4n) is 6.14. The third kappa shape index (κ3) is 6.28. The highest BCUT2D eigenvalue weighted by Crippen LogP contribution is 2.36. The van der Waals surface area contributed by atoms with E-state index in [1.807, 2.05) is 53.4 Å². The van der Waals surface area contributed by atoms with Crippen molar-refractivity contribution in [2.75, 3.05) is 46.3 Å². The molecular weight excluding hydrogens is 461 g/mol. The van der Waals surface area contributed by atoms with Crippen LogP contribution in [0.25, 0.3) is 0 Å². The molecule has 0 spiro atoms. The topological polar surface area (TPSA) is 26.8 Å². The highest BCUT2D eigenvalue weighted by Gasteiger charge is 2.34. The van der Waals surface area contributed by atoms with E-state index in [2.05, 4.69) is 41.1 Å². The maximum absolute atomic E-state index is 13.7. The molecule has 2 saturated heterocycles. The molecule has 0 bridgehead atoms. The molecule has 3 aromatic carbocycles. The molecule has 2 fully saturated rings. The third-order valence-corrected chi connectivity index (χ3v) is 8.26. The van der Waals surface area contributed by atoms with Gasteiger partial charge in [0.15, 0.2) is 0 Å². The van der Waals surface area contributed by atoms with Crippen LogP contribution >= 0.6 is 0 Å². The number of rotatable bonds is 7. The first-order valence-electron chi connectivity index (χ1n) is 13.6. The van der Waals surface area contributed by atoms with Crippen LogP contribution in [0.1, 0.15) is 47.9 Å². The molecule has 2 heterocycles. The van der Waals surface area contributed by atoms with Crippen LogP contribution in [-0.4, -0.2) is 66.9 Å². The van der Waals surface area contributed by atoms with Gasteiger partial charge in [-0.2, -0.15) is 0 Å². The summed E-state index contributed by atoms with van der Waals surface area (Å²) in [6.45, 7) is 5.37. The number of piperazine rings is 1. The number of carbonyl (C=O) groups excluding carboxylic acids is 1. The van der Waals surface area contributed by atoms with Gasteiger partial charge in [-0.25, -0.2) is 4.39 Å². The number of piperidine rings is 1. The zero-order valence-electron chi connectivity index (χ0n) is 21.8. The molecule has 0 radical (unpaired) electrons. The van der Waals surface area contributed by atoms with Crippen molar-refractivity contribution < 1.29 is 9.18 Å². The molecule has 0 aromatic heterocycles. The Balaban J connectivity index is 1.27. The Bertz CT molecular complexity index is 1080. The molecule has 0 saturated carbocycles. The number of hydrogen-bond donors (Lipinski definition) is 0. The number of hydrogen-bond acceptors (Lipinski definition) is 3. The summed E-state index contributed by atoms with van der Waals surface area (Å²) in [5, 5.41) is 0. The molecule has 3 aromatic rings. The lowest BCUT2D eigenvalue weighted by Crippen LogP contribution is -2.51. The quantitative estimate of drug-likeness (QED) is 0.425. The zero-order valence-corrected chi connectivity index (χ0v) is 21.8. The van der Waals surface area contributed by atoms with Crippen molar-refractivity contribution in [3.05, 3.63) is 107 Å². The third-order valence-electron chi connectivity index (χ3n) is 8.26. The van der Waals surface area contributed by atoms with Gasteiger partial charge in [-0.3, -0.25) is 9.69 Å². The van der Waals surface area contributed by atoms with Gasteiger partial charge in [-0.15, -0.1) is 0 Å². The largest absolute Gasteiger partial charge is 0.340 e. The first kappa shape index (κ1) is 25.6. The molecule has 0 N–H and O–H groups in total. The fraction of sp³-hybridized carbons (Fsp3) is 0.406. The second-order valence-electron chi connectivity index (χ2n) is 10.6. The van der Waals surface area contributed by atoms with Gasteiger partial charge in [-0.1, -0.05) is 72.8 Å². The number of amides is 1. The molecular formula is C32H38FN3O. The first-order chi connectivity index (χ1) is 18.1. The Labute approximate surface area is 220 Å². The van der Waals surface area contributed by atoms with E-state index >= 15 is 0 Å². The van der Waals surface area contributed by atoms with Crippen LogP contribution < -0.4 is 0 Å². The molecule has 2 aliphatic rings. The van der Waals surface area contributed by atoms with Crippen LogP contribution in [-0.2, 0) is 4.79 Å². The highest BCUT2D eigenvalue weighted by atomic mass is 19.1. The Morgan fingerprint density at radius 2 is 1.30 bits per heavy atom. The number of likely N-dealkylation sites (tertiary alicyclic amines) is 1. The minimum absolute atomic E-state index is 0.0547. The summed E-state index contributed by atoms with van der Waals surface area (Å²) in [6, 6.07) is 28.1. The van der Waals surface area contributed by atoms with E-state index in [-0.39, 0.29) is 23.7 Å². The fourth-order valence-corrected chi connectivity index (χ4v) is 6.14. The number of nitrogens with zero attached hydrogens (tertiary/aromatic N) is 3. The summed E-state index contributed by atoms with van der Waals surface area (Å²) < 4.78 is 13.7. The van der Waals surface area contributed by atoms with Gasteiger partial charge < -0.3 is 9.80 Å². The lowest BCUT2D eigenvalue weighted by molar-refractivity contribution is -0.133. The Kier molecular flexibility index (Phi) is 8.32. The van der Waals surface area contributed by atoms with E-state index < -0.39 is 0 Å². The number of carbonyl (C=O) groups is 1. The summed E-state index contributed by atoms with van der Waals surface area (Å²) in [7, 11) is 2.19. The van der Waals surface area contributed by atoms with Crippen molar-refractivity contribution in [2.24, 2.45) is 5.92 Å². The predicted molar refractivity (Wildman–Crippen MR) is 147 cm³/mol. The van der Waals surface area contributed by atoms with Gasteiger partial charge >= 0.3 is 0 Å². The van der Waals surface area contributed by atoms with Gasteiger partial charge in [0.05, 0.1) is 0 Å². The van der Waals surface area contributed by atoms with Gasteiger partial charge in [0.1, 0.15) is 5.82 Å². The molecule has 4 nitrogen and oxygen atoms in total. The van der Waals surface area contributed by atoms with E-state index in [9.17, 15) is 9.18 Å². The van der Waals surface area contributed by atoms with Gasteiger partial charge in [0.2, 0.25) is 5.91 Å². The van der Waals surface area contributed by atoms with Crippen LogP contribution in [0.5, 0.6) is 0 Å². The summed E-state index contributed by atoms with van der Waals surface area (Å²) in [4.78, 5) is 20.5. The van der Waals surface area contributed by atoms with Gasteiger partial charge in [0.25, 0.3) is 0 Å². The van der Waals surface area contributed by atoms with Crippen LogP contribution in [0.2, 0.25) is 0 Å². The maximum atomic E-state index is 13.7. The van der Waals surface area contributed by atoms with Crippen molar-refractivity contribution >= 4 is 5.91 Å². The van der Waals surface area contributed by atoms with Crippen molar-refractivity contribution in [1.82, 2.24) is 14.7 Å². The number of benzene rings is 3. The monoisotopic (exact) mass is 499 g/mol. The van der Waals surface area contributed by atoms with Gasteiger partial charge in [-0.05, 0) is 67.7 Å². The standard InChI is InChI=1S/C32H38FN3O/c1-34-18-16-28(17-19-34)32(27-12-14-29(33)15-13-27)36-22-20-35(21-23-36)31(37)24-30(25-8-4-2-5-9-25)26-10-6-3-7-11-26/h2-15,28,30,32H,16-24H2,1H3. The molecule has 5 heteroatoms. The highest BCUT2D eigenvalue weighted by molar-refractivity contribution is 5.78. The summed E-state index contributed by atoms with van der Waals surface area (Å²) in [5.41, 5.74) is 3.56. The lowest BCUT2D eigenvalue weighted by atomic mass is 9.84. The minimum Gasteiger partial charge on any atom is -0.340 e. The SMILES string of the molecule is CN1CCC(C(c2ccc(F)cc2)N2CCN(C(=O)CC(c3ccccc3)c3ccccc3)CC2)CC1. The maximum Gasteiger partial charge on any atom is 0.223 e. The van der Waals surface area contributed by atoms with E-state index in [4.69, 9.17) is 0 Å². The minimum atomic E-state index is -0.187. The lowest BCUT2D eigenvalue weighted by Gasteiger charge is -2.44. The molecule has 1 amide bonds. The van der Waals surface area contributed by atoms with Gasteiger partial charge in [0, 0.05) is 44.6 Å². The molecule has 0 aliphatic carbocycles. The summed E-state index contributed by atoms with van der Waals surface area (Å²) in [5.74, 6) is 0.631. The molecule has 1 atom stereocenters. The van der Waals surface area contributed by atoms with E-state index in [1.165, 1.54) is 16.7 Å². The van der Waals surface area contributed by atoms with Crippen molar-refractivity contribution in [2.45, 2.75) is 31.2 Å². The van der Waals surface area contributed by atoms with Crippen molar-refractivity contribution in [3.63, 3.8) is 0 Å². The predicted octanol–water partition coefficient (Wildman–Crippen LogP) is 5.58. The Hall–Kier alpha value is -3.02. The Morgan fingerprint density at radius 3 is 1.84 bits per heavy atom. The van der Waals surface area contributed by atoms with Crippen LogP contribution in [0.3, 0.4) is 0 Å². The average Bonchev–Trinajstić information content (AvgIpc) is 2.95. The van der Waals surface area contributed by atoms with Crippen LogP contribution in [0.15, 0.2) is 84.9 Å². The molecule has 37 heavy (non-hydrogen) atoms. The summed E-state index contributed by atoms with van der Waals surface area (Å²) >= 11 is 0. The molecule has 2 aliphatic heterocycles. The van der Waals surface area contributed by atoms with Crippen molar-refractivity contribution in [1.29, 1.82) is 0 Å². The van der Waals surface area contributed by atoms with E-state index in [0.29, 0.717) is 12.3 Å². The Morgan fingerprint density at radius 1 is 0.757 bits per heavy atom. The second-order valence-corrected chi connectivity index (χ2v) is 10.6. The van der Waals surface area contributed by atoms with E-state index in [1.54, 1.807) is 12.1 Å². The summed E-state index contributed by atoms with van der Waals surface area (Å²) in [6.07, 6.45) is 2.77. The normalized spacial score (nSPS) is 18.7. The van der Waals surface area contributed by atoms with E-state index in [0.717, 1.165) is 52.1 Å².